The van der Waals surface area contributed by atoms with Crippen LogP contribution in [0.1, 0.15) is 30.9 Å². The van der Waals surface area contributed by atoms with E-state index >= 15 is 0 Å². The van der Waals surface area contributed by atoms with Crippen molar-refractivity contribution in [1.82, 2.24) is 4.90 Å². The molecule has 6 heteroatoms. The maximum absolute atomic E-state index is 11.0. The van der Waals surface area contributed by atoms with E-state index in [0.29, 0.717) is 12.6 Å². The van der Waals surface area contributed by atoms with Gasteiger partial charge in [-0.3, -0.25) is 0 Å². The van der Waals surface area contributed by atoms with Crippen LogP contribution in [0.4, 0.5) is 0 Å². The summed E-state index contributed by atoms with van der Waals surface area (Å²) < 4.78 is 22.1. The topological polar surface area (TPSA) is 89.4 Å². The van der Waals surface area contributed by atoms with Gasteiger partial charge in [-0.05, 0) is 56.6 Å². The first-order valence-electron chi connectivity index (χ1n) is 8.78. The number of hydrogen-bond donors (Lipinski definition) is 2. The molecule has 0 aromatic heterocycles. The summed E-state index contributed by atoms with van der Waals surface area (Å²) in [5.41, 5.74) is 8.14. The molecule has 5 nitrogen and oxygen atoms in total. The maximum atomic E-state index is 11.0. The second kappa shape index (κ2) is 11.1. The minimum atomic E-state index is -3.58. The van der Waals surface area contributed by atoms with Crippen molar-refractivity contribution in [3.8, 4) is 0 Å². The first-order chi connectivity index (χ1) is 12.2. The molecular weight excluding hydrogens is 346 g/mol. The van der Waals surface area contributed by atoms with Crippen LogP contribution >= 0.6 is 0 Å². The molecule has 0 aliphatic rings. The zero-order valence-corrected chi connectivity index (χ0v) is 16.7. The first-order valence-corrected chi connectivity index (χ1v) is 10.3. The third-order valence-electron chi connectivity index (χ3n) is 3.90. The average Bonchev–Trinajstić information content (AvgIpc) is 2.60. The molecule has 1 unspecified atom stereocenters. The van der Waals surface area contributed by atoms with E-state index in [0.717, 1.165) is 24.8 Å². The van der Waals surface area contributed by atoms with Crippen LogP contribution in [0.5, 0.6) is 0 Å². The lowest BCUT2D eigenvalue weighted by Crippen LogP contribution is -2.18. The molecule has 0 heterocycles. The highest BCUT2D eigenvalue weighted by Crippen LogP contribution is 2.10. The van der Waals surface area contributed by atoms with Crippen LogP contribution in [0, 0.1) is 0 Å². The Morgan fingerprint density at radius 2 is 1.62 bits per heavy atom. The second-order valence-corrected chi connectivity index (χ2v) is 8.18. The zero-order valence-electron chi connectivity index (χ0n) is 15.9. The van der Waals surface area contributed by atoms with Crippen molar-refractivity contribution >= 4 is 10.0 Å². The Morgan fingerprint density at radius 1 is 1.00 bits per heavy atom. The van der Waals surface area contributed by atoms with E-state index in [-0.39, 0.29) is 4.90 Å². The van der Waals surface area contributed by atoms with E-state index in [1.807, 2.05) is 31.1 Å². The molecule has 0 radical (unpaired) electrons. The lowest BCUT2D eigenvalue weighted by molar-refractivity contribution is 0.402. The number of aryl methyl sites for hydroxylation is 1. The molecule has 144 valence electrons. The van der Waals surface area contributed by atoms with Crippen LogP contribution in [0.3, 0.4) is 0 Å². The molecule has 0 fully saturated rings. The van der Waals surface area contributed by atoms with Gasteiger partial charge in [0.2, 0.25) is 10.0 Å². The predicted molar refractivity (Wildman–Crippen MR) is 108 cm³/mol. The normalized spacial score (nSPS) is 12.4. The van der Waals surface area contributed by atoms with Crippen LogP contribution < -0.4 is 10.9 Å². The molecule has 0 spiro atoms. The smallest absolute Gasteiger partial charge is 0.238 e. The van der Waals surface area contributed by atoms with Crippen molar-refractivity contribution in [2.45, 2.75) is 43.7 Å². The van der Waals surface area contributed by atoms with Crippen molar-refractivity contribution in [2.75, 3.05) is 14.1 Å². The maximum Gasteiger partial charge on any atom is 0.238 e. The van der Waals surface area contributed by atoms with Crippen LogP contribution in [0.25, 0.3) is 0 Å². The Kier molecular flexibility index (Phi) is 9.51. The molecule has 2 aromatic carbocycles. The molecule has 0 saturated heterocycles. The van der Waals surface area contributed by atoms with Gasteiger partial charge in [0.05, 0.1) is 4.90 Å². The molecule has 0 aliphatic heterocycles. The minimum Gasteiger partial charge on any atom is -0.328 e. The van der Waals surface area contributed by atoms with Gasteiger partial charge < -0.3 is 10.6 Å². The van der Waals surface area contributed by atoms with Gasteiger partial charge in [0.15, 0.2) is 0 Å². The quantitative estimate of drug-likeness (QED) is 0.776. The summed E-state index contributed by atoms with van der Waals surface area (Å²) in [6.45, 7) is 2.83. The molecule has 4 N–H and O–H groups in total. The number of sulfonamides is 1. The number of nitrogens with two attached hydrogens (primary N) is 2. The molecule has 26 heavy (non-hydrogen) atoms. The monoisotopic (exact) mass is 377 g/mol. The zero-order chi connectivity index (χ0) is 19.6. The van der Waals surface area contributed by atoms with Gasteiger partial charge in [-0.2, -0.15) is 0 Å². The Labute approximate surface area is 158 Å². The average molecular weight is 378 g/mol. The molecular formula is C20H31N3O2S. The van der Waals surface area contributed by atoms with Crippen LogP contribution in [0.15, 0.2) is 59.5 Å². The standard InChI is InChI=1S/C11H17N.C9H14N2O2S/c1-2-11(12)9-8-10-6-4-3-5-7-10;1-11(2)7-8-4-3-5-9(6-8)14(10,12)13/h3-7,11H,2,8-9,12H2,1H3;3-6H,7H2,1-2H3,(H2,10,12,13). The number of nitrogens with zero attached hydrogens (tertiary/aromatic N) is 1. The SMILES string of the molecule is CCC(N)CCc1ccccc1.CN(C)Cc1cccc(S(N)(=O)=O)c1. The minimum absolute atomic E-state index is 0.164. The molecule has 0 saturated carbocycles. The highest BCUT2D eigenvalue weighted by atomic mass is 32.2. The van der Waals surface area contributed by atoms with E-state index in [2.05, 4.69) is 31.2 Å². The van der Waals surface area contributed by atoms with E-state index in [4.69, 9.17) is 10.9 Å². The Balaban J connectivity index is 0.000000263. The summed E-state index contributed by atoms with van der Waals surface area (Å²) in [6, 6.07) is 17.5. The van der Waals surface area contributed by atoms with Gasteiger partial charge in [0.1, 0.15) is 0 Å². The number of rotatable bonds is 7. The van der Waals surface area contributed by atoms with E-state index in [9.17, 15) is 8.42 Å². The molecule has 0 bridgehead atoms. The highest BCUT2D eigenvalue weighted by molar-refractivity contribution is 7.89. The summed E-state index contributed by atoms with van der Waals surface area (Å²) in [5.74, 6) is 0. The van der Waals surface area contributed by atoms with Crippen molar-refractivity contribution in [1.29, 1.82) is 0 Å². The fourth-order valence-corrected chi connectivity index (χ4v) is 2.97. The second-order valence-electron chi connectivity index (χ2n) is 6.62. The van der Waals surface area contributed by atoms with E-state index in [1.165, 1.54) is 11.6 Å². The van der Waals surface area contributed by atoms with Crippen molar-refractivity contribution in [3.63, 3.8) is 0 Å². The summed E-state index contributed by atoms with van der Waals surface area (Å²) >= 11 is 0. The van der Waals surface area contributed by atoms with Gasteiger partial charge in [-0.1, -0.05) is 49.4 Å². The predicted octanol–water partition coefficient (Wildman–Crippen LogP) is 2.75. The number of primary sulfonamides is 1. The van der Waals surface area contributed by atoms with Crippen molar-refractivity contribution in [2.24, 2.45) is 10.9 Å². The number of benzene rings is 2. The lowest BCUT2D eigenvalue weighted by atomic mass is 10.0. The van der Waals surface area contributed by atoms with Gasteiger partial charge in [-0.25, -0.2) is 13.6 Å². The summed E-state index contributed by atoms with van der Waals surface area (Å²) in [5, 5.41) is 5.02. The fraction of sp³-hybridized carbons (Fsp3) is 0.400. The van der Waals surface area contributed by atoms with Crippen LogP contribution in [-0.2, 0) is 23.0 Å². The lowest BCUT2D eigenvalue weighted by Gasteiger charge is -2.09. The highest BCUT2D eigenvalue weighted by Gasteiger charge is 2.07. The summed E-state index contributed by atoms with van der Waals surface area (Å²) in [6.07, 6.45) is 3.28. The van der Waals surface area contributed by atoms with Crippen molar-refractivity contribution in [3.05, 3.63) is 65.7 Å². The van der Waals surface area contributed by atoms with Gasteiger partial charge in [0.25, 0.3) is 0 Å². The first kappa shape index (κ1) is 22.3. The van der Waals surface area contributed by atoms with Gasteiger partial charge >= 0.3 is 0 Å². The summed E-state index contributed by atoms with van der Waals surface area (Å²) in [4.78, 5) is 2.12. The van der Waals surface area contributed by atoms with E-state index in [1.54, 1.807) is 12.1 Å². The van der Waals surface area contributed by atoms with Crippen molar-refractivity contribution < 1.29 is 8.42 Å². The fourth-order valence-electron chi connectivity index (χ4n) is 2.39. The Morgan fingerprint density at radius 3 is 2.15 bits per heavy atom. The molecule has 2 aromatic rings. The van der Waals surface area contributed by atoms with E-state index < -0.39 is 10.0 Å². The Bertz CT molecular complexity index is 747. The largest absolute Gasteiger partial charge is 0.328 e. The molecule has 0 amide bonds. The summed E-state index contributed by atoms with van der Waals surface area (Å²) in [7, 11) is 0.261. The Hall–Kier alpha value is -1.73. The van der Waals surface area contributed by atoms with Crippen LogP contribution in [-0.4, -0.2) is 33.5 Å². The third kappa shape index (κ3) is 9.10. The molecule has 2 rings (SSSR count). The third-order valence-corrected chi connectivity index (χ3v) is 4.81. The van der Waals surface area contributed by atoms with Gasteiger partial charge in [0, 0.05) is 12.6 Å². The molecule has 1 atom stereocenters. The van der Waals surface area contributed by atoms with Crippen LogP contribution in [0.2, 0.25) is 0 Å². The number of hydrogen-bond acceptors (Lipinski definition) is 4. The van der Waals surface area contributed by atoms with Gasteiger partial charge in [-0.15, -0.1) is 0 Å². The molecule has 0 aliphatic carbocycles.